The molecular weight excluding hydrogens is 492 g/mol. The van der Waals surface area contributed by atoms with E-state index in [4.69, 9.17) is 16.0 Å². The van der Waals surface area contributed by atoms with E-state index in [0.717, 1.165) is 33.3 Å². The number of hydrogen-bond acceptors (Lipinski definition) is 5. The van der Waals surface area contributed by atoms with Crippen molar-refractivity contribution >= 4 is 46.0 Å². The van der Waals surface area contributed by atoms with Gasteiger partial charge in [-0.1, -0.05) is 41.9 Å². The van der Waals surface area contributed by atoms with Crippen LogP contribution in [0.2, 0.25) is 5.02 Å². The van der Waals surface area contributed by atoms with Crippen LogP contribution in [0, 0.1) is 0 Å². The standard InChI is InChI=1S/C29H23ClN2O3S/c30-20-11-9-18(10-12-20)29-28-23(15-19(16-25(28)33)26-8-3-13-35-26)31-22-6-1-2-7-24(22)32(29)27(34)17-21-5-4-14-36-21/h1-14,19,29,31H,15-17H2. The molecule has 4 aromatic rings. The Hall–Kier alpha value is -3.61. The number of ketones is 1. The Morgan fingerprint density at radius 1 is 1.03 bits per heavy atom. The van der Waals surface area contributed by atoms with E-state index in [1.807, 2.05) is 78.2 Å². The van der Waals surface area contributed by atoms with Gasteiger partial charge in [-0.3, -0.25) is 14.5 Å². The molecule has 1 N–H and O–H groups in total. The number of fused-ring (bicyclic) bond motifs is 1. The number of halogens is 1. The largest absolute Gasteiger partial charge is 0.469 e. The molecule has 36 heavy (non-hydrogen) atoms. The number of hydrogen-bond donors (Lipinski definition) is 1. The molecular formula is C29H23ClN2O3S. The first-order chi connectivity index (χ1) is 17.6. The number of allylic oxidation sites excluding steroid dienone is 1. The molecule has 1 aliphatic heterocycles. The number of para-hydroxylation sites is 2. The van der Waals surface area contributed by atoms with Gasteiger partial charge in [-0.2, -0.15) is 0 Å². The fourth-order valence-corrected chi connectivity index (χ4v) is 6.02. The van der Waals surface area contributed by atoms with Crippen molar-refractivity contribution < 1.29 is 14.0 Å². The van der Waals surface area contributed by atoms with Crippen LogP contribution in [-0.2, 0) is 16.0 Å². The fraction of sp³-hybridized carbons (Fsp3) is 0.172. The molecule has 3 heterocycles. The highest BCUT2D eigenvalue weighted by Gasteiger charge is 2.42. The van der Waals surface area contributed by atoms with Gasteiger partial charge in [-0.05, 0) is 59.8 Å². The van der Waals surface area contributed by atoms with Crippen molar-refractivity contribution in [1.29, 1.82) is 0 Å². The molecule has 5 nitrogen and oxygen atoms in total. The molecule has 0 saturated carbocycles. The molecule has 2 unspecified atom stereocenters. The van der Waals surface area contributed by atoms with Crippen LogP contribution < -0.4 is 10.2 Å². The Kier molecular flexibility index (Phi) is 5.99. The summed E-state index contributed by atoms with van der Waals surface area (Å²) in [4.78, 5) is 30.6. The molecule has 0 radical (unpaired) electrons. The van der Waals surface area contributed by atoms with E-state index in [1.165, 1.54) is 0 Å². The van der Waals surface area contributed by atoms with Crippen molar-refractivity contribution in [2.45, 2.75) is 31.2 Å². The van der Waals surface area contributed by atoms with E-state index in [9.17, 15) is 9.59 Å². The zero-order valence-corrected chi connectivity index (χ0v) is 20.9. The maximum atomic E-state index is 14.0. The minimum Gasteiger partial charge on any atom is -0.469 e. The van der Waals surface area contributed by atoms with Crippen LogP contribution in [0.15, 0.2) is 100 Å². The molecule has 1 aliphatic carbocycles. The van der Waals surface area contributed by atoms with Gasteiger partial charge >= 0.3 is 0 Å². The quantitative estimate of drug-likeness (QED) is 0.314. The van der Waals surface area contributed by atoms with Crippen molar-refractivity contribution in [1.82, 2.24) is 0 Å². The Morgan fingerprint density at radius 2 is 1.86 bits per heavy atom. The fourth-order valence-electron chi connectivity index (χ4n) is 5.20. The lowest BCUT2D eigenvalue weighted by molar-refractivity contribution is -0.118. The topological polar surface area (TPSA) is 62.6 Å². The molecule has 180 valence electrons. The van der Waals surface area contributed by atoms with Crippen molar-refractivity contribution in [3.8, 4) is 0 Å². The van der Waals surface area contributed by atoms with Crippen LogP contribution in [0.4, 0.5) is 11.4 Å². The number of nitrogens with zero attached hydrogens (tertiary/aromatic N) is 1. The molecule has 0 saturated heterocycles. The van der Waals surface area contributed by atoms with Gasteiger partial charge in [0.2, 0.25) is 5.91 Å². The van der Waals surface area contributed by atoms with Gasteiger partial charge in [-0.15, -0.1) is 11.3 Å². The maximum Gasteiger partial charge on any atom is 0.233 e. The summed E-state index contributed by atoms with van der Waals surface area (Å²) in [5, 5.41) is 6.11. The molecule has 0 fully saturated rings. The zero-order chi connectivity index (χ0) is 24.6. The monoisotopic (exact) mass is 514 g/mol. The average Bonchev–Trinajstić information content (AvgIpc) is 3.57. The first-order valence-electron chi connectivity index (χ1n) is 11.8. The number of amides is 1. The predicted molar refractivity (Wildman–Crippen MR) is 142 cm³/mol. The summed E-state index contributed by atoms with van der Waals surface area (Å²) in [6.07, 6.45) is 2.82. The highest BCUT2D eigenvalue weighted by atomic mass is 35.5. The molecule has 0 bridgehead atoms. The van der Waals surface area contributed by atoms with Gasteiger partial charge in [0.15, 0.2) is 5.78 Å². The second-order valence-electron chi connectivity index (χ2n) is 9.05. The van der Waals surface area contributed by atoms with Crippen LogP contribution in [0.1, 0.15) is 41.0 Å². The number of furan rings is 1. The summed E-state index contributed by atoms with van der Waals surface area (Å²) in [6, 6.07) is 22.3. The van der Waals surface area contributed by atoms with Gasteiger partial charge in [0.05, 0.1) is 30.1 Å². The van der Waals surface area contributed by atoms with E-state index < -0.39 is 6.04 Å². The van der Waals surface area contributed by atoms with Crippen LogP contribution in [0.5, 0.6) is 0 Å². The first-order valence-corrected chi connectivity index (χ1v) is 13.1. The number of carbonyl (C=O) groups excluding carboxylic acids is 2. The Bertz CT molecular complexity index is 1440. The number of anilines is 2. The predicted octanol–water partition coefficient (Wildman–Crippen LogP) is 7.14. The Morgan fingerprint density at radius 3 is 2.61 bits per heavy atom. The van der Waals surface area contributed by atoms with Crippen molar-refractivity contribution in [2.75, 3.05) is 10.2 Å². The third-order valence-electron chi connectivity index (χ3n) is 6.79. The summed E-state index contributed by atoms with van der Waals surface area (Å²) >= 11 is 7.77. The number of thiophene rings is 1. The lowest BCUT2D eigenvalue weighted by Gasteiger charge is -2.35. The molecule has 1 amide bonds. The third kappa shape index (κ3) is 4.16. The first kappa shape index (κ1) is 22.8. The summed E-state index contributed by atoms with van der Waals surface area (Å²) in [6.45, 7) is 0. The van der Waals surface area contributed by atoms with E-state index >= 15 is 0 Å². The maximum absolute atomic E-state index is 14.0. The van der Waals surface area contributed by atoms with Crippen LogP contribution in [0.25, 0.3) is 0 Å². The minimum atomic E-state index is -0.578. The number of Topliss-reactive ketones (excluding diaryl/α,β-unsaturated/α-hetero) is 1. The van der Waals surface area contributed by atoms with Crippen LogP contribution >= 0.6 is 22.9 Å². The summed E-state index contributed by atoms with van der Waals surface area (Å²) in [7, 11) is 0. The SMILES string of the molecule is O=C1CC(c2ccco2)CC2=C1C(c1ccc(Cl)cc1)N(C(=O)Cc1cccs1)c1ccccc1N2. The minimum absolute atomic E-state index is 0.00632. The van der Waals surface area contributed by atoms with Gasteiger partial charge in [0, 0.05) is 33.5 Å². The third-order valence-corrected chi connectivity index (χ3v) is 7.92. The summed E-state index contributed by atoms with van der Waals surface area (Å²) in [5.41, 5.74) is 3.83. The zero-order valence-electron chi connectivity index (χ0n) is 19.3. The highest BCUT2D eigenvalue weighted by Crippen LogP contribution is 2.47. The average molecular weight is 515 g/mol. The lowest BCUT2D eigenvalue weighted by atomic mass is 9.80. The molecule has 2 aromatic heterocycles. The van der Waals surface area contributed by atoms with E-state index in [1.54, 1.807) is 22.5 Å². The van der Waals surface area contributed by atoms with Crippen molar-refractivity contribution in [3.05, 3.63) is 117 Å². The van der Waals surface area contributed by atoms with Crippen LogP contribution in [-0.4, -0.2) is 11.7 Å². The molecule has 6 rings (SSSR count). The molecule has 2 atom stereocenters. The van der Waals surface area contributed by atoms with E-state index in [2.05, 4.69) is 5.32 Å². The van der Waals surface area contributed by atoms with Crippen molar-refractivity contribution in [3.63, 3.8) is 0 Å². The van der Waals surface area contributed by atoms with Crippen molar-refractivity contribution in [2.24, 2.45) is 0 Å². The smallest absolute Gasteiger partial charge is 0.233 e. The number of nitrogens with one attached hydrogen (secondary N) is 1. The Balaban J connectivity index is 1.53. The number of benzene rings is 2. The van der Waals surface area contributed by atoms with Gasteiger partial charge < -0.3 is 9.73 Å². The normalized spacial score (nSPS) is 19.4. The van der Waals surface area contributed by atoms with E-state index in [0.29, 0.717) is 23.4 Å². The number of carbonyl (C=O) groups is 2. The molecule has 7 heteroatoms. The number of rotatable bonds is 4. The Labute approximate surface area is 218 Å². The second-order valence-corrected chi connectivity index (χ2v) is 10.5. The molecule has 2 aromatic carbocycles. The molecule has 2 aliphatic rings. The van der Waals surface area contributed by atoms with Gasteiger partial charge in [0.1, 0.15) is 5.76 Å². The highest BCUT2D eigenvalue weighted by molar-refractivity contribution is 7.10. The lowest BCUT2D eigenvalue weighted by Crippen LogP contribution is -2.39. The van der Waals surface area contributed by atoms with Crippen LogP contribution in [0.3, 0.4) is 0 Å². The van der Waals surface area contributed by atoms with Gasteiger partial charge in [-0.25, -0.2) is 0 Å². The second kappa shape index (κ2) is 9.45. The molecule has 0 spiro atoms. The summed E-state index contributed by atoms with van der Waals surface area (Å²) in [5.74, 6) is 0.668. The summed E-state index contributed by atoms with van der Waals surface area (Å²) < 4.78 is 5.66. The van der Waals surface area contributed by atoms with Gasteiger partial charge in [0.25, 0.3) is 0 Å². The van der Waals surface area contributed by atoms with E-state index in [-0.39, 0.29) is 24.0 Å².